The number of amides is 2. The first-order valence-corrected chi connectivity index (χ1v) is 9.29. The van der Waals surface area contributed by atoms with Crippen LogP contribution in [0.25, 0.3) is 0 Å². The molecule has 0 saturated carbocycles. The number of primary amides is 1. The van der Waals surface area contributed by atoms with Gasteiger partial charge in [0.25, 0.3) is 0 Å². The van der Waals surface area contributed by atoms with Crippen molar-refractivity contribution in [3.63, 3.8) is 0 Å². The van der Waals surface area contributed by atoms with Crippen molar-refractivity contribution in [2.24, 2.45) is 5.73 Å². The van der Waals surface area contributed by atoms with E-state index in [-0.39, 0.29) is 18.7 Å². The Balaban J connectivity index is 1.59. The Hall–Kier alpha value is -2.89. The lowest BCUT2D eigenvalue weighted by Gasteiger charge is -2.31. The third-order valence-corrected chi connectivity index (χ3v) is 4.90. The highest BCUT2D eigenvalue weighted by atomic mass is 16.5. The first-order valence-electron chi connectivity index (χ1n) is 9.29. The summed E-state index contributed by atoms with van der Waals surface area (Å²) in [5.74, 6) is 1.24. The van der Waals surface area contributed by atoms with Crippen LogP contribution >= 0.6 is 0 Å². The van der Waals surface area contributed by atoms with Crippen molar-refractivity contribution in [1.82, 2.24) is 9.88 Å². The van der Waals surface area contributed by atoms with Crippen LogP contribution in [-0.2, 0) is 9.59 Å². The van der Waals surface area contributed by atoms with Gasteiger partial charge in [0.15, 0.2) is 0 Å². The molecule has 2 aromatic rings. The fourth-order valence-electron chi connectivity index (χ4n) is 3.31. The third-order valence-electron chi connectivity index (χ3n) is 4.90. The van der Waals surface area contributed by atoms with E-state index in [9.17, 15) is 9.59 Å². The summed E-state index contributed by atoms with van der Waals surface area (Å²) in [7, 11) is 0. The monoisotopic (exact) mass is 367 g/mol. The summed E-state index contributed by atoms with van der Waals surface area (Å²) >= 11 is 0. The van der Waals surface area contributed by atoms with Gasteiger partial charge in [-0.3, -0.25) is 9.59 Å². The van der Waals surface area contributed by atoms with Gasteiger partial charge in [0, 0.05) is 43.6 Å². The van der Waals surface area contributed by atoms with E-state index in [0.29, 0.717) is 24.9 Å². The Labute approximate surface area is 159 Å². The maximum absolute atomic E-state index is 12.1. The molecule has 2 heterocycles. The van der Waals surface area contributed by atoms with E-state index in [2.05, 4.69) is 4.98 Å². The van der Waals surface area contributed by atoms with Crippen LogP contribution in [0, 0.1) is 6.92 Å². The van der Waals surface area contributed by atoms with E-state index in [1.54, 1.807) is 0 Å². The number of aromatic nitrogens is 1. The second kappa shape index (κ2) is 8.66. The molecule has 0 bridgehead atoms. The largest absolute Gasteiger partial charge is 0.439 e. The minimum atomic E-state index is -0.437. The number of pyridine rings is 1. The molecule has 1 saturated heterocycles. The Morgan fingerprint density at radius 1 is 1.11 bits per heavy atom. The zero-order valence-corrected chi connectivity index (χ0v) is 15.6. The van der Waals surface area contributed by atoms with Gasteiger partial charge in [-0.15, -0.1) is 0 Å². The SMILES string of the molecule is Cc1ccccc1Oc1cccc(C2CCN(C(=O)CCC(N)=O)CC2)n1. The number of piperidine rings is 1. The van der Waals surface area contributed by atoms with Gasteiger partial charge in [0.05, 0.1) is 0 Å². The lowest BCUT2D eigenvalue weighted by atomic mass is 9.93. The molecule has 6 nitrogen and oxygen atoms in total. The molecule has 0 spiro atoms. The molecule has 2 amide bonds. The van der Waals surface area contributed by atoms with Crippen LogP contribution in [0.4, 0.5) is 0 Å². The number of hydrogen-bond donors (Lipinski definition) is 1. The zero-order chi connectivity index (χ0) is 19.2. The average molecular weight is 367 g/mol. The molecule has 0 atom stereocenters. The normalized spacial score (nSPS) is 14.8. The van der Waals surface area contributed by atoms with Gasteiger partial charge in [-0.1, -0.05) is 24.3 Å². The number of aryl methyl sites for hydroxylation is 1. The predicted molar refractivity (Wildman–Crippen MR) is 102 cm³/mol. The third kappa shape index (κ3) is 5.06. The van der Waals surface area contributed by atoms with Crippen molar-refractivity contribution in [2.45, 2.75) is 38.5 Å². The molecular weight excluding hydrogens is 342 g/mol. The molecule has 1 aliphatic heterocycles. The Kier molecular flexibility index (Phi) is 6.06. The number of carbonyl (C=O) groups excluding carboxylic acids is 2. The Morgan fingerprint density at radius 3 is 2.56 bits per heavy atom. The van der Waals surface area contributed by atoms with Crippen molar-refractivity contribution in [3.8, 4) is 11.6 Å². The Morgan fingerprint density at radius 2 is 1.85 bits per heavy atom. The molecule has 0 unspecified atom stereocenters. The number of nitrogens with two attached hydrogens (primary N) is 1. The molecule has 0 aliphatic carbocycles. The highest BCUT2D eigenvalue weighted by Crippen LogP contribution is 2.30. The molecule has 27 heavy (non-hydrogen) atoms. The van der Waals surface area contributed by atoms with Crippen LogP contribution in [0.3, 0.4) is 0 Å². The highest BCUT2D eigenvalue weighted by molar-refractivity contribution is 5.82. The highest BCUT2D eigenvalue weighted by Gasteiger charge is 2.24. The summed E-state index contributed by atoms with van der Waals surface area (Å²) in [5.41, 5.74) is 7.17. The molecule has 1 aromatic heterocycles. The quantitative estimate of drug-likeness (QED) is 0.850. The Bertz CT molecular complexity index is 814. The van der Waals surface area contributed by atoms with E-state index in [0.717, 1.165) is 29.8 Å². The van der Waals surface area contributed by atoms with Crippen molar-refractivity contribution in [3.05, 3.63) is 53.7 Å². The summed E-state index contributed by atoms with van der Waals surface area (Å²) in [6.45, 7) is 3.35. The minimum absolute atomic E-state index is 0.00292. The lowest BCUT2D eigenvalue weighted by Crippen LogP contribution is -2.38. The molecule has 6 heteroatoms. The second-order valence-corrected chi connectivity index (χ2v) is 6.89. The van der Waals surface area contributed by atoms with Crippen LogP contribution in [0.15, 0.2) is 42.5 Å². The molecule has 1 aromatic carbocycles. The molecule has 0 radical (unpaired) electrons. The molecule has 1 fully saturated rings. The van der Waals surface area contributed by atoms with E-state index in [1.807, 2.05) is 54.3 Å². The number of ether oxygens (including phenoxy) is 1. The lowest BCUT2D eigenvalue weighted by molar-refractivity contribution is -0.134. The number of para-hydroxylation sites is 1. The van der Waals surface area contributed by atoms with E-state index >= 15 is 0 Å². The number of benzene rings is 1. The number of carbonyl (C=O) groups is 2. The number of nitrogens with zero attached hydrogens (tertiary/aromatic N) is 2. The van der Waals surface area contributed by atoms with E-state index in [1.165, 1.54) is 0 Å². The zero-order valence-electron chi connectivity index (χ0n) is 15.6. The van der Waals surface area contributed by atoms with Gasteiger partial charge in [-0.05, 0) is 37.5 Å². The average Bonchev–Trinajstić information content (AvgIpc) is 2.68. The fourth-order valence-corrected chi connectivity index (χ4v) is 3.31. The predicted octanol–water partition coefficient (Wildman–Crippen LogP) is 3.15. The van der Waals surface area contributed by atoms with Crippen LogP contribution < -0.4 is 10.5 Å². The second-order valence-electron chi connectivity index (χ2n) is 6.89. The van der Waals surface area contributed by atoms with Crippen LogP contribution in [-0.4, -0.2) is 34.8 Å². The van der Waals surface area contributed by atoms with Crippen LogP contribution in [0.1, 0.15) is 42.9 Å². The molecule has 1 aliphatic rings. The topological polar surface area (TPSA) is 85.5 Å². The van der Waals surface area contributed by atoms with Gasteiger partial charge in [-0.25, -0.2) is 4.98 Å². The maximum atomic E-state index is 12.1. The van der Waals surface area contributed by atoms with Gasteiger partial charge in [0.1, 0.15) is 5.75 Å². The van der Waals surface area contributed by atoms with Crippen molar-refractivity contribution >= 4 is 11.8 Å². The summed E-state index contributed by atoms with van der Waals surface area (Å²) in [6, 6.07) is 13.7. The molecule has 2 N–H and O–H groups in total. The van der Waals surface area contributed by atoms with Crippen molar-refractivity contribution in [2.75, 3.05) is 13.1 Å². The summed E-state index contributed by atoms with van der Waals surface area (Å²) < 4.78 is 5.93. The number of hydrogen-bond acceptors (Lipinski definition) is 4. The van der Waals surface area contributed by atoms with Crippen molar-refractivity contribution in [1.29, 1.82) is 0 Å². The van der Waals surface area contributed by atoms with Gasteiger partial charge in [0.2, 0.25) is 17.7 Å². The molecule has 3 rings (SSSR count). The summed E-state index contributed by atoms with van der Waals surface area (Å²) in [4.78, 5) is 29.4. The molecule has 142 valence electrons. The van der Waals surface area contributed by atoms with Crippen LogP contribution in [0.2, 0.25) is 0 Å². The van der Waals surface area contributed by atoms with Gasteiger partial charge < -0.3 is 15.4 Å². The summed E-state index contributed by atoms with van der Waals surface area (Å²) in [6.07, 6.45) is 2.00. The maximum Gasteiger partial charge on any atom is 0.223 e. The van der Waals surface area contributed by atoms with E-state index in [4.69, 9.17) is 10.5 Å². The number of likely N-dealkylation sites (tertiary alicyclic amines) is 1. The first kappa shape index (κ1) is 18.9. The fraction of sp³-hybridized carbons (Fsp3) is 0.381. The first-order chi connectivity index (χ1) is 13.0. The molecular formula is C21H25N3O3. The van der Waals surface area contributed by atoms with Gasteiger partial charge >= 0.3 is 0 Å². The number of rotatable bonds is 6. The summed E-state index contributed by atoms with van der Waals surface area (Å²) in [5, 5.41) is 0. The van der Waals surface area contributed by atoms with E-state index < -0.39 is 5.91 Å². The van der Waals surface area contributed by atoms with Crippen LogP contribution in [0.5, 0.6) is 11.6 Å². The minimum Gasteiger partial charge on any atom is -0.439 e. The van der Waals surface area contributed by atoms with Gasteiger partial charge in [-0.2, -0.15) is 0 Å². The standard InChI is InChI=1S/C21H25N3O3/c1-15-5-2-3-7-18(15)27-20-8-4-6-17(23-20)16-11-13-24(14-12-16)21(26)10-9-19(22)25/h2-8,16H,9-14H2,1H3,(H2,22,25). The smallest absolute Gasteiger partial charge is 0.223 e. The van der Waals surface area contributed by atoms with Crippen molar-refractivity contribution < 1.29 is 14.3 Å².